The summed E-state index contributed by atoms with van der Waals surface area (Å²) in [6.45, 7) is 4.01. The topological polar surface area (TPSA) is 20.2 Å². The van der Waals surface area contributed by atoms with Gasteiger partial charge in [-0.25, -0.2) is 0 Å². The zero-order valence-corrected chi connectivity index (χ0v) is 12.5. The summed E-state index contributed by atoms with van der Waals surface area (Å²) in [5.41, 5.74) is 2.17. The minimum Gasteiger partial charge on any atom is -0.381 e. The Labute approximate surface area is 125 Å². The quantitative estimate of drug-likeness (QED) is 0.737. The van der Waals surface area contributed by atoms with Crippen LogP contribution in [0.4, 0.5) is 0 Å². The molecule has 0 spiro atoms. The predicted octanol–water partition coefficient (Wildman–Crippen LogP) is 4.66. The summed E-state index contributed by atoms with van der Waals surface area (Å²) in [6, 6.07) is 22.5. The van der Waals surface area contributed by atoms with Crippen molar-refractivity contribution < 1.29 is 5.11 Å². The molecule has 0 saturated heterocycles. The molecule has 0 aliphatic heterocycles. The first-order valence-corrected chi connectivity index (χ1v) is 7.43. The van der Waals surface area contributed by atoms with Gasteiger partial charge in [-0.15, -0.1) is 0 Å². The van der Waals surface area contributed by atoms with Crippen molar-refractivity contribution in [1.29, 1.82) is 0 Å². The SMILES string of the molecule is CCc1ccc(C(C)(O)c2cccc3ccccc23)cc1. The van der Waals surface area contributed by atoms with Crippen LogP contribution in [0.2, 0.25) is 0 Å². The first-order chi connectivity index (χ1) is 10.1. The van der Waals surface area contributed by atoms with Crippen molar-refractivity contribution in [3.8, 4) is 0 Å². The molecule has 0 radical (unpaired) electrons. The Morgan fingerprint density at radius 2 is 1.52 bits per heavy atom. The van der Waals surface area contributed by atoms with E-state index in [1.54, 1.807) is 0 Å². The van der Waals surface area contributed by atoms with Crippen LogP contribution in [-0.4, -0.2) is 5.11 Å². The van der Waals surface area contributed by atoms with Gasteiger partial charge in [0.1, 0.15) is 5.60 Å². The van der Waals surface area contributed by atoms with E-state index in [0.29, 0.717) is 0 Å². The molecule has 1 nitrogen and oxygen atoms in total. The Bertz CT molecular complexity index is 749. The van der Waals surface area contributed by atoms with Crippen LogP contribution >= 0.6 is 0 Å². The molecule has 1 N–H and O–H groups in total. The van der Waals surface area contributed by atoms with Gasteiger partial charge in [0.15, 0.2) is 0 Å². The maximum Gasteiger partial charge on any atom is 0.112 e. The number of rotatable bonds is 3. The first kappa shape index (κ1) is 13.8. The van der Waals surface area contributed by atoms with Crippen molar-refractivity contribution in [2.75, 3.05) is 0 Å². The van der Waals surface area contributed by atoms with Crippen LogP contribution in [0.3, 0.4) is 0 Å². The molecular formula is C20H20O. The van der Waals surface area contributed by atoms with E-state index in [2.05, 4.69) is 37.3 Å². The third-order valence-electron chi connectivity index (χ3n) is 4.24. The number of aryl methyl sites for hydroxylation is 1. The van der Waals surface area contributed by atoms with Gasteiger partial charge in [0.25, 0.3) is 0 Å². The lowest BCUT2D eigenvalue weighted by molar-refractivity contribution is 0.104. The molecule has 0 aliphatic rings. The van der Waals surface area contributed by atoms with Crippen LogP contribution in [0.1, 0.15) is 30.5 Å². The summed E-state index contributed by atoms with van der Waals surface area (Å²) in [6.07, 6.45) is 1.01. The van der Waals surface area contributed by atoms with Crippen molar-refractivity contribution >= 4 is 10.8 Å². The van der Waals surface area contributed by atoms with Crippen molar-refractivity contribution in [2.45, 2.75) is 25.9 Å². The fourth-order valence-electron chi connectivity index (χ4n) is 2.87. The molecule has 1 heteroatoms. The molecule has 0 amide bonds. The summed E-state index contributed by atoms with van der Waals surface area (Å²) in [4.78, 5) is 0. The second-order valence-corrected chi connectivity index (χ2v) is 5.65. The van der Waals surface area contributed by atoms with Gasteiger partial charge >= 0.3 is 0 Å². The first-order valence-electron chi connectivity index (χ1n) is 7.43. The molecule has 3 aromatic carbocycles. The fourth-order valence-corrected chi connectivity index (χ4v) is 2.87. The van der Waals surface area contributed by atoms with Crippen molar-refractivity contribution in [3.05, 3.63) is 83.4 Å². The molecule has 1 atom stereocenters. The molecule has 1 unspecified atom stereocenters. The average Bonchev–Trinajstić information content (AvgIpc) is 2.54. The van der Waals surface area contributed by atoms with Crippen LogP contribution in [0.15, 0.2) is 66.7 Å². The highest BCUT2D eigenvalue weighted by atomic mass is 16.3. The number of hydrogen-bond donors (Lipinski definition) is 1. The maximum atomic E-state index is 11.1. The Hall–Kier alpha value is -2.12. The van der Waals surface area contributed by atoms with Crippen LogP contribution in [0.25, 0.3) is 10.8 Å². The third kappa shape index (κ3) is 2.45. The van der Waals surface area contributed by atoms with Crippen LogP contribution < -0.4 is 0 Å². The van der Waals surface area contributed by atoms with E-state index in [0.717, 1.165) is 28.3 Å². The number of hydrogen-bond acceptors (Lipinski definition) is 1. The van der Waals surface area contributed by atoms with Gasteiger partial charge in [-0.05, 0) is 40.8 Å². The van der Waals surface area contributed by atoms with Crippen molar-refractivity contribution in [2.24, 2.45) is 0 Å². The average molecular weight is 276 g/mol. The number of fused-ring (bicyclic) bond motifs is 1. The van der Waals surface area contributed by atoms with Gasteiger partial charge in [-0.1, -0.05) is 73.7 Å². The summed E-state index contributed by atoms with van der Waals surface area (Å²) >= 11 is 0. The van der Waals surface area contributed by atoms with E-state index in [-0.39, 0.29) is 0 Å². The number of aliphatic hydroxyl groups is 1. The van der Waals surface area contributed by atoms with E-state index >= 15 is 0 Å². The molecule has 106 valence electrons. The largest absolute Gasteiger partial charge is 0.381 e. The highest BCUT2D eigenvalue weighted by Gasteiger charge is 2.27. The second kappa shape index (κ2) is 5.34. The summed E-state index contributed by atoms with van der Waals surface area (Å²) in [5.74, 6) is 0. The van der Waals surface area contributed by atoms with E-state index in [4.69, 9.17) is 0 Å². The Balaban J connectivity index is 2.14. The molecule has 0 fully saturated rings. The summed E-state index contributed by atoms with van der Waals surface area (Å²) in [7, 11) is 0. The van der Waals surface area contributed by atoms with Gasteiger partial charge < -0.3 is 5.11 Å². The van der Waals surface area contributed by atoms with E-state index in [1.165, 1.54) is 5.56 Å². The minimum absolute atomic E-state index is 0.927. The Morgan fingerprint density at radius 1 is 0.857 bits per heavy atom. The zero-order valence-electron chi connectivity index (χ0n) is 12.5. The Kier molecular flexibility index (Phi) is 3.52. The van der Waals surface area contributed by atoms with Crippen molar-refractivity contribution in [3.63, 3.8) is 0 Å². The van der Waals surface area contributed by atoms with Gasteiger partial charge in [0.2, 0.25) is 0 Å². The minimum atomic E-state index is -0.993. The monoisotopic (exact) mass is 276 g/mol. The molecule has 0 heterocycles. The smallest absolute Gasteiger partial charge is 0.112 e. The molecule has 0 aromatic heterocycles. The molecule has 21 heavy (non-hydrogen) atoms. The molecule has 3 rings (SSSR count). The lowest BCUT2D eigenvalue weighted by Crippen LogP contribution is -2.23. The number of benzene rings is 3. The third-order valence-corrected chi connectivity index (χ3v) is 4.24. The van der Waals surface area contributed by atoms with E-state index in [9.17, 15) is 5.11 Å². The highest BCUT2D eigenvalue weighted by molar-refractivity contribution is 5.86. The lowest BCUT2D eigenvalue weighted by atomic mass is 9.85. The molecule has 0 saturated carbocycles. The molecule has 0 aliphatic carbocycles. The van der Waals surface area contributed by atoms with Crippen molar-refractivity contribution in [1.82, 2.24) is 0 Å². The standard InChI is InChI=1S/C20H20O/c1-3-15-11-13-17(14-12-15)20(2,21)19-10-6-8-16-7-4-5-9-18(16)19/h4-14,21H,3H2,1-2H3. The van der Waals surface area contributed by atoms with E-state index < -0.39 is 5.60 Å². The molecule has 3 aromatic rings. The van der Waals surface area contributed by atoms with Crippen LogP contribution in [0.5, 0.6) is 0 Å². The lowest BCUT2D eigenvalue weighted by Gasteiger charge is -2.26. The second-order valence-electron chi connectivity index (χ2n) is 5.65. The van der Waals surface area contributed by atoms with Crippen LogP contribution in [0, 0.1) is 0 Å². The molecule has 0 bridgehead atoms. The van der Waals surface area contributed by atoms with Gasteiger partial charge in [0, 0.05) is 0 Å². The maximum absolute atomic E-state index is 11.1. The van der Waals surface area contributed by atoms with Gasteiger partial charge in [0.05, 0.1) is 0 Å². The summed E-state index contributed by atoms with van der Waals surface area (Å²) in [5, 5.41) is 13.4. The zero-order chi connectivity index (χ0) is 14.9. The fraction of sp³-hybridized carbons (Fsp3) is 0.200. The van der Waals surface area contributed by atoms with Crippen LogP contribution in [-0.2, 0) is 12.0 Å². The Morgan fingerprint density at radius 3 is 2.24 bits per heavy atom. The molecular weight excluding hydrogens is 256 g/mol. The normalized spacial score (nSPS) is 14.0. The van der Waals surface area contributed by atoms with E-state index in [1.807, 2.05) is 43.3 Å². The van der Waals surface area contributed by atoms with Gasteiger partial charge in [-0.3, -0.25) is 0 Å². The highest BCUT2D eigenvalue weighted by Crippen LogP contribution is 2.34. The van der Waals surface area contributed by atoms with Gasteiger partial charge in [-0.2, -0.15) is 0 Å². The predicted molar refractivity (Wildman–Crippen MR) is 88.4 cm³/mol. The summed E-state index contributed by atoms with van der Waals surface area (Å²) < 4.78 is 0.